The van der Waals surface area contributed by atoms with Gasteiger partial charge in [-0.3, -0.25) is 9.69 Å². The van der Waals surface area contributed by atoms with Crippen molar-refractivity contribution < 1.29 is 9.53 Å². The van der Waals surface area contributed by atoms with Crippen molar-refractivity contribution >= 4 is 11.9 Å². The van der Waals surface area contributed by atoms with Gasteiger partial charge >= 0.3 is 0 Å². The van der Waals surface area contributed by atoms with Gasteiger partial charge in [-0.05, 0) is 50.6 Å². The Bertz CT molecular complexity index is 668. The lowest BCUT2D eigenvalue weighted by atomic mass is 9.90. The van der Waals surface area contributed by atoms with Gasteiger partial charge in [0.25, 0.3) is 0 Å². The van der Waals surface area contributed by atoms with E-state index in [1.165, 1.54) is 5.56 Å². The lowest BCUT2D eigenvalue weighted by molar-refractivity contribution is -0.130. The number of amides is 1. The van der Waals surface area contributed by atoms with Gasteiger partial charge in [0.1, 0.15) is 6.54 Å². The molecule has 1 aromatic rings. The summed E-state index contributed by atoms with van der Waals surface area (Å²) in [5.41, 5.74) is 1.40. The van der Waals surface area contributed by atoms with E-state index in [1.54, 1.807) is 0 Å². The third kappa shape index (κ3) is 8.50. The van der Waals surface area contributed by atoms with E-state index in [4.69, 9.17) is 4.74 Å². The molecule has 2 aliphatic heterocycles. The number of benzene rings is 1. The Hall–Kier alpha value is -2.12. The molecule has 0 bridgehead atoms. The van der Waals surface area contributed by atoms with Gasteiger partial charge in [0.15, 0.2) is 5.96 Å². The van der Waals surface area contributed by atoms with Gasteiger partial charge in [-0.25, -0.2) is 4.99 Å². The van der Waals surface area contributed by atoms with Crippen molar-refractivity contribution in [3.8, 4) is 0 Å². The third-order valence-corrected chi connectivity index (χ3v) is 6.10. The molecule has 0 atom stereocenters. The number of guanidine groups is 1. The van der Waals surface area contributed by atoms with Crippen molar-refractivity contribution in [1.82, 2.24) is 20.4 Å². The molecule has 1 amide bonds. The molecule has 0 aromatic heterocycles. The highest BCUT2D eigenvalue weighted by Gasteiger charge is 2.22. The molecular formula is C24H39N5O2. The van der Waals surface area contributed by atoms with E-state index in [9.17, 15) is 4.79 Å². The van der Waals surface area contributed by atoms with E-state index >= 15 is 0 Å². The molecule has 0 radical (unpaired) electrons. The van der Waals surface area contributed by atoms with Crippen LogP contribution in [0.3, 0.4) is 0 Å². The second kappa shape index (κ2) is 13.3. The summed E-state index contributed by atoms with van der Waals surface area (Å²) >= 11 is 0. The summed E-state index contributed by atoms with van der Waals surface area (Å²) in [6.45, 7) is 10.3. The molecule has 2 saturated heterocycles. The Balaban J connectivity index is 1.35. The van der Waals surface area contributed by atoms with Crippen LogP contribution in [-0.2, 0) is 16.0 Å². The minimum atomic E-state index is 0.128. The quantitative estimate of drug-likeness (QED) is 0.356. The van der Waals surface area contributed by atoms with Crippen molar-refractivity contribution in [1.29, 1.82) is 0 Å². The van der Waals surface area contributed by atoms with Crippen LogP contribution in [0.5, 0.6) is 0 Å². The number of carbonyl (C=O) groups is 1. The highest BCUT2D eigenvalue weighted by atomic mass is 16.5. The lowest BCUT2D eigenvalue weighted by Crippen LogP contribution is -2.42. The van der Waals surface area contributed by atoms with Gasteiger partial charge in [-0.15, -0.1) is 0 Å². The Morgan fingerprint density at radius 1 is 1.10 bits per heavy atom. The van der Waals surface area contributed by atoms with E-state index in [1.807, 2.05) is 11.8 Å². The fourth-order valence-electron chi connectivity index (χ4n) is 4.26. The highest BCUT2D eigenvalue weighted by Crippen LogP contribution is 2.21. The van der Waals surface area contributed by atoms with Gasteiger partial charge in [0, 0.05) is 39.3 Å². The van der Waals surface area contributed by atoms with Crippen molar-refractivity contribution in [3.63, 3.8) is 0 Å². The Kier molecular flexibility index (Phi) is 10.1. The molecular weight excluding hydrogens is 390 g/mol. The zero-order valence-electron chi connectivity index (χ0n) is 19.0. The lowest BCUT2D eigenvalue weighted by Gasteiger charge is -2.32. The summed E-state index contributed by atoms with van der Waals surface area (Å²) in [5.74, 6) is 1.53. The van der Waals surface area contributed by atoms with Crippen LogP contribution in [-0.4, -0.2) is 87.2 Å². The fraction of sp³-hybridized carbons (Fsp3) is 0.667. The number of hydrogen-bond acceptors (Lipinski definition) is 4. The maximum Gasteiger partial charge on any atom is 0.244 e. The van der Waals surface area contributed by atoms with Crippen LogP contribution in [0.15, 0.2) is 35.3 Å². The number of nitrogens with one attached hydrogen (secondary N) is 2. The molecule has 7 nitrogen and oxygen atoms in total. The minimum absolute atomic E-state index is 0.128. The molecule has 0 saturated carbocycles. The molecule has 2 fully saturated rings. The summed E-state index contributed by atoms with van der Waals surface area (Å²) < 4.78 is 5.39. The molecule has 7 heteroatoms. The van der Waals surface area contributed by atoms with Crippen molar-refractivity contribution in [2.24, 2.45) is 10.9 Å². The predicted octanol–water partition coefficient (Wildman–Crippen LogP) is 1.75. The van der Waals surface area contributed by atoms with Crippen LogP contribution in [0.25, 0.3) is 0 Å². The fourth-order valence-corrected chi connectivity index (χ4v) is 4.26. The van der Waals surface area contributed by atoms with Crippen LogP contribution in [0.4, 0.5) is 0 Å². The van der Waals surface area contributed by atoms with Gasteiger partial charge in [-0.2, -0.15) is 0 Å². The zero-order valence-corrected chi connectivity index (χ0v) is 19.0. The summed E-state index contributed by atoms with van der Waals surface area (Å²) in [6, 6.07) is 10.7. The summed E-state index contributed by atoms with van der Waals surface area (Å²) in [4.78, 5) is 21.6. The predicted molar refractivity (Wildman–Crippen MR) is 125 cm³/mol. The average Bonchev–Trinajstić information content (AvgIpc) is 2.82. The highest BCUT2D eigenvalue weighted by molar-refractivity contribution is 5.85. The van der Waals surface area contributed by atoms with Crippen molar-refractivity contribution in [3.05, 3.63) is 35.9 Å². The Labute approximate surface area is 187 Å². The molecule has 3 rings (SSSR count). The first-order valence-electron chi connectivity index (χ1n) is 11.9. The van der Waals surface area contributed by atoms with Crippen molar-refractivity contribution in [2.75, 3.05) is 65.6 Å². The van der Waals surface area contributed by atoms with E-state index in [-0.39, 0.29) is 12.5 Å². The number of morpholine rings is 1. The van der Waals surface area contributed by atoms with Crippen LogP contribution in [0.1, 0.15) is 31.7 Å². The standard InChI is InChI=1S/C24H39N5O2/c1-2-25-24(26-11-6-12-28-15-17-31-18-16-28)27-20-23(30)29-13-9-22(10-14-29)19-21-7-4-3-5-8-21/h3-5,7-8,22H,2,6,9-20H2,1H3,(H2,25,26,27). The normalized spacial score (nSPS) is 18.7. The molecule has 2 heterocycles. The molecule has 0 spiro atoms. The van der Waals surface area contributed by atoms with Crippen LogP contribution < -0.4 is 10.6 Å². The molecule has 172 valence electrons. The number of nitrogens with zero attached hydrogens (tertiary/aromatic N) is 3. The molecule has 0 aliphatic carbocycles. The molecule has 2 N–H and O–H groups in total. The second-order valence-electron chi connectivity index (χ2n) is 8.44. The Morgan fingerprint density at radius 2 is 1.84 bits per heavy atom. The molecule has 31 heavy (non-hydrogen) atoms. The Morgan fingerprint density at radius 3 is 2.55 bits per heavy atom. The van der Waals surface area contributed by atoms with E-state index in [0.29, 0.717) is 5.92 Å². The smallest absolute Gasteiger partial charge is 0.244 e. The van der Waals surface area contributed by atoms with Gasteiger partial charge in [0.05, 0.1) is 13.2 Å². The van der Waals surface area contributed by atoms with Gasteiger partial charge < -0.3 is 20.3 Å². The van der Waals surface area contributed by atoms with Crippen molar-refractivity contribution in [2.45, 2.75) is 32.6 Å². The number of rotatable bonds is 9. The minimum Gasteiger partial charge on any atom is -0.379 e. The summed E-state index contributed by atoms with van der Waals surface area (Å²) in [7, 11) is 0. The number of likely N-dealkylation sites (tertiary alicyclic amines) is 1. The average molecular weight is 430 g/mol. The molecule has 2 aliphatic rings. The third-order valence-electron chi connectivity index (χ3n) is 6.10. The summed E-state index contributed by atoms with van der Waals surface area (Å²) in [5, 5.41) is 6.61. The molecule has 0 unspecified atom stereocenters. The number of hydrogen-bond donors (Lipinski definition) is 2. The monoisotopic (exact) mass is 429 g/mol. The van der Waals surface area contributed by atoms with Gasteiger partial charge in [-0.1, -0.05) is 30.3 Å². The molecule has 1 aromatic carbocycles. The topological polar surface area (TPSA) is 69.2 Å². The van der Waals surface area contributed by atoms with E-state index in [2.05, 4.69) is 50.9 Å². The van der Waals surface area contributed by atoms with Crippen LogP contribution in [0.2, 0.25) is 0 Å². The second-order valence-corrected chi connectivity index (χ2v) is 8.44. The number of carbonyl (C=O) groups excluding carboxylic acids is 1. The van der Waals surface area contributed by atoms with Crippen LogP contribution in [0, 0.1) is 5.92 Å². The first-order valence-corrected chi connectivity index (χ1v) is 11.9. The number of piperidine rings is 1. The number of aliphatic imine (C=N–C) groups is 1. The van der Waals surface area contributed by atoms with E-state index < -0.39 is 0 Å². The maximum absolute atomic E-state index is 12.7. The van der Waals surface area contributed by atoms with Crippen LogP contribution >= 0.6 is 0 Å². The SMILES string of the molecule is CCNC(=NCC(=O)N1CCC(Cc2ccccc2)CC1)NCCCN1CCOCC1. The number of ether oxygens (including phenoxy) is 1. The van der Waals surface area contributed by atoms with Gasteiger partial charge in [0.2, 0.25) is 5.91 Å². The first-order chi connectivity index (χ1) is 15.2. The van der Waals surface area contributed by atoms with E-state index in [0.717, 1.165) is 90.7 Å². The maximum atomic E-state index is 12.7. The zero-order chi connectivity index (χ0) is 21.7. The largest absolute Gasteiger partial charge is 0.379 e. The summed E-state index contributed by atoms with van der Waals surface area (Å²) in [6.07, 6.45) is 4.31. The first kappa shape index (κ1) is 23.5.